The quantitative estimate of drug-likeness (QED) is 0.817. The fourth-order valence-corrected chi connectivity index (χ4v) is 1.39. The highest BCUT2D eigenvalue weighted by Gasteiger charge is 2.09. The van der Waals surface area contributed by atoms with Crippen molar-refractivity contribution in [2.24, 2.45) is 0 Å². The summed E-state index contributed by atoms with van der Waals surface area (Å²) in [6.07, 6.45) is 1.42. The van der Waals surface area contributed by atoms with Gasteiger partial charge in [0.25, 0.3) is 0 Å². The molecule has 1 aromatic carbocycles. The molecule has 17 heavy (non-hydrogen) atoms. The molecular weight excluding hydrogens is 243 g/mol. The number of ether oxygens (including phenoxy) is 1. The molecule has 1 heterocycles. The topological polar surface area (TPSA) is 45.9 Å². The molecule has 0 saturated carbocycles. The zero-order valence-corrected chi connectivity index (χ0v) is 9.28. The van der Waals surface area contributed by atoms with Crippen LogP contribution in [-0.2, 0) is 0 Å². The third kappa shape index (κ3) is 2.52. The van der Waals surface area contributed by atoms with E-state index in [1.807, 2.05) is 6.07 Å². The van der Waals surface area contributed by atoms with Gasteiger partial charge in [0.2, 0.25) is 5.88 Å². The number of pyridine rings is 1. The summed E-state index contributed by atoms with van der Waals surface area (Å²) in [5.74, 6) is 0.162. The average Bonchev–Trinajstić information content (AvgIpc) is 2.35. The molecule has 5 heteroatoms. The van der Waals surface area contributed by atoms with E-state index in [9.17, 15) is 4.39 Å². The molecular formula is C12H6ClFN2O. The van der Waals surface area contributed by atoms with Gasteiger partial charge >= 0.3 is 0 Å². The van der Waals surface area contributed by atoms with Gasteiger partial charge < -0.3 is 4.74 Å². The molecule has 0 spiro atoms. The maximum absolute atomic E-state index is 12.7. The average molecular weight is 249 g/mol. The second-order valence-corrected chi connectivity index (χ2v) is 3.52. The first-order valence-corrected chi connectivity index (χ1v) is 5.06. The van der Waals surface area contributed by atoms with Crippen LogP contribution in [0.3, 0.4) is 0 Å². The molecule has 1 aromatic heterocycles. The zero-order valence-electron chi connectivity index (χ0n) is 8.52. The van der Waals surface area contributed by atoms with Gasteiger partial charge in [0.1, 0.15) is 22.7 Å². The van der Waals surface area contributed by atoms with Gasteiger partial charge in [0, 0.05) is 6.20 Å². The summed E-state index contributed by atoms with van der Waals surface area (Å²) < 4.78 is 18.0. The van der Waals surface area contributed by atoms with Crippen molar-refractivity contribution >= 4 is 11.6 Å². The van der Waals surface area contributed by atoms with E-state index in [-0.39, 0.29) is 22.3 Å². The molecule has 2 rings (SSSR count). The van der Waals surface area contributed by atoms with Crippen LogP contribution >= 0.6 is 11.6 Å². The second-order valence-electron chi connectivity index (χ2n) is 3.15. The predicted octanol–water partition coefficient (Wildman–Crippen LogP) is 3.54. The second kappa shape index (κ2) is 4.81. The number of nitriles is 1. The standard InChI is InChI=1S/C12H6ClFN2O/c13-11-8(7-15)5-6-16-12(11)17-10-3-1-9(14)2-4-10/h1-6H. The summed E-state index contributed by atoms with van der Waals surface area (Å²) in [4.78, 5) is 3.91. The molecule has 0 aliphatic heterocycles. The Bertz CT molecular complexity index is 578. The molecule has 3 nitrogen and oxygen atoms in total. The number of aromatic nitrogens is 1. The first-order valence-electron chi connectivity index (χ1n) is 4.69. The van der Waals surface area contributed by atoms with E-state index in [2.05, 4.69) is 4.98 Å². The summed E-state index contributed by atoms with van der Waals surface area (Å²) in [6, 6.07) is 8.83. The van der Waals surface area contributed by atoms with Crippen molar-refractivity contribution in [3.05, 3.63) is 52.9 Å². The molecule has 0 aliphatic rings. The van der Waals surface area contributed by atoms with Crippen LogP contribution < -0.4 is 4.74 Å². The normalized spacial score (nSPS) is 9.71. The fraction of sp³-hybridized carbons (Fsp3) is 0. The minimum Gasteiger partial charge on any atom is -0.437 e. The maximum atomic E-state index is 12.7. The van der Waals surface area contributed by atoms with Crippen LogP contribution in [0.15, 0.2) is 36.5 Å². The third-order valence-corrected chi connectivity index (χ3v) is 2.37. The number of hydrogen-bond acceptors (Lipinski definition) is 3. The zero-order chi connectivity index (χ0) is 12.3. The molecule has 0 bridgehead atoms. The van der Waals surface area contributed by atoms with Crippen LogP contribution in [-0.4, -0.2) is 4.98 Å². The van der Waals surface area contributed by atoms with E-state index >= 15 is 0 Å². The Morgan fingerprint density at radius 1 is 1.24 bits per heavy atom. The van der Waals surface area contributed by atoms with Gasteiger partial charge in [0.05, 0.1) is 5.56 Å². The van der Waals surface area contributed by atoms with Crippen LogP contribution in [0.5, 0.6) is 11.6 Å². The van der Waals surface area contributed by atoms with Crippen molar-refractivity contribution in [2.75, 3.05) is 0 Å². The van der Waals surface area contributed by atoms with Gasteiger partial charge in [-0.15, -0.1) is 0 Å². The monoisotopic (exact) mass is 248 g/mol. The van der Waals surface area contributed by atoms with Crippen molar-refractivity contribution in [2.45, 2.75) is 0 Å². The van der Waals surface area contributed by atoms with Crippen molar-refractivity contribution in [3.8, 4) is 17.7 Å². The third-order valence-electron chi connectivity index (χ3n) is 2.01. The molecule has 0 saturated heterocycles. The Labute approximate surface area is 102 Å². The summed E-state index contributed by atoms with van der Waals surface area (Å²) >= 11 is 5.91. The van der Waals surface area contributed by atoms with Crippen LogP contribution in [0.2, 0.25) is 5.02 Å². The molecule has 0 atom stereocenters. The highest BCUT2D eigenvalue weighted by molar-refractivity contribution is 6.33. The van der Waals surface area contributed by atoms with Crippen LogP contribution in [0, 0.1) is 17.1 Å². The molecule has 0 aliphatic carbocycles. The van der Waals surface area contributed by atoms with Gasteiger partial charge in [-0.3, -0.25) is 0 Å². The lowest BCUT2D eigenvalue weighted by Crippen LogP contribution is -1.91. The smallest absolute Gasteiger partial charge is 0.239 e. The van der Waals surface area contributed by atoms with Gasteiger partial charge in [0.15, 0.2) is 0 Å². The largest absolute Gasteiger partial charge is 0.437 e. The van der Waals surface area contributed by atoms with Gasteiger partial charge in [-0.05, 0) is 30.3 Å². The lowest BCUT2D eigenvalue weighted by Gasteiger charge is -2.06. The number of rotatable bonds is 2. The van der Waals surface area contributed by atoms with E-state index in [4.69, 9.17) is 21.6 Å². The Balaban J connectivity index is 2.31. The first-order chi connectivity index (χ1) is 8.20. The Hall–Kier alpha value is -2.12. The lowest BCUT2D eigenvalue weighted by molar-refractivity contribution is 0.461. The Kier molecular flexibility index (Phi) is 3.22. The predicted molar refractivity (Wildman–Crippen MR) is 60.4 cm³/mol. The molecule has 0 amide bonds. The molecule has 0 fully saturated rings. The van der Waals surface area contributed by atoms with Crippen molar-refractivity contribution in [1.29, 1.82) is 5.26 Å². The van der Waals surface area contributed by atoms with E-state index in [1.165, 1.54) is 36.5 Å². The van der Waals surface area contributed by atoms with Crippen molar-refractivity contribution < 1.29 is 9.13 Å². The highest BCUT2D eigenvalue weighted by Crippen LogP contribution is 2.29. The van der Waals surface area contributed by atoms with E-state index in [1.54, 1.807) is 0 Å². The number of halogens is 2. The lowest BCUT2D eigenvalue weighted by atomic mass is 10.3. The SMILES string of the molecule is N#Cc1ccnc(Oc2ccc(F)cc2)c1Cl. The first kappa shape index (κ1) is 11.4. The number of nitrogens with zero attached hydrogens (tertiary/aromatic N) is 2. The Morgan fingerprint density at radius 2 is 1.94 bits per heavy atom. The fourth-order valence-electron chi connectivity index (χ4n) is 1.20. The number of hydrogen-bond donors (Lipinski definition) is 0. The number of benzene rings is 1. The van der Waals surface area contributed by atoms with Crippen LogP contribution in [0.1, 0.15) is 5.56 Å². The molecule has 0 radical (unpaired) electrons. The van der Waals surface area contributed by atoms with E-state index < -0.39 is 0 Å². The van der Waals surface area contributed by atoms with E-state index in [0.717, 1.165) is 0 Å². The minimum atomic E-state index is -0.359. The van der Waals surface area contributed by atoms with Gasteiger partial charge in [-0.1, -0.05) is 11.6 Å². The summed E-state index contributed by atoms with van der Waals surface area (Å²) in [5.41, 5.74) is 0.277. The maximum Gasteiger partial charge on any atom is 0.239 e. The van der Waals surface area contributed by atoms with E-state index in [0.29, 0.717) is 5.75 Å². The summed E-state index contributed by atoms with van der Waals surface area (Å²) in [6.45, 7) is 0. The molecule has 2 aromatic rings. The van der Waals surface area contributed by atoms with Crippen molar-refractivity contribution in [3.63, 3.8) is 0 Å². The molecule has 0 N–H and O–H groups in total. The van der Waals surface area contributed by atoms with Gasteiger partial charge in [-0.25, -0.2) is 9.37 Å². The Morgan fingerprint density at radius 3 is 2.59 bits per heavy atom. The minimum absolute atomic E-state index is 0.123. The summed E-state index contributed by atoms with van der Waals surface area (Å²) in [7, 11) is 0. The van der Waals surface area contributed by atoms with Crippen LogP contribution in [0.25, 0.3) is 0 Å². The molecule has 84 valence electrons. The van der Waals surface area contributed by atoms with Gasteiger partial charge in [-0.2, -0.15) is 5.26 Å². The molecule has 0 unspecified atom stereocenters. The summed E-state index contributed by atoms with van der Waals surface area (Å²) in [5, 5.41) is 8.92. The van der Waals surface area contributed by atoms with Crippen molar-refractivity contribution in [1.82, 2.24) is 4.98 Å². The highest BCUT2D eigenvalue weighted by atomic mass is 35.5. The van der Waals surface area contributed by atoms with Crippen LogP contribution in [0.4, 0.5) is 4.39 Å².